The average molecular weight is 215 g/mol. The Balaban J connectivity index is 0.000000249. The van der Waals surface area contributed by atoms with Crippen LogP contribution >= 0.6 is 11.6 Å². The van der Waals surface area contributed by atoms with Crippen molar-refractivity contribution in [1.82, 2.24) is 0 Å². The third-order valence-corrected chi connectivity index (χ3v) is 2.10. The van der Waals surface area contributed by atoms with Gasteiger partial charge in [0.1, 0.15) is 5.56 Å². The van der Waals surface area contributed by atoms with Crippen LogP contribution in [0.3, 0.4) is 0 Å². The van der Waals surface area contributed by atoms with Crippen LogP contribution in [-0.4, -0.2) is 12.7 Å². The minimum Gasteiger partial charge on any atom is -0.366 e. The van der Waals surface area contributed by atoms with Crippen LogP contribution in [0.25, 0.3) is 0 Å². The van der Waals surface area contributed by atoms with E-state index in [0.29, 0.717) is 0 Å². The first-order valence-electron chi connectivity index (χ1n) is 4.98. The molecule has 1 nitrogen and oxygen atoms in total. The first-order valence-corrected chi connectivity index (χ1v) is 5.41. The van der Waals surface area contributed by atoms with Gasteiger partial charge in [-0.25, -0.2) is 0 Å². The minimum absolute atomic E-state index is 0.0741. The number of rotatable bonds is 4. The number of benzene rings is 1. The number of ether oxygens (including phenoxy) is 1. The summed E-state index contributed by atoms with van der Waals surface area (Å²) in [6.07, 6.45) is 3.31. The molecule has 1 atom stereocenters. The number of methoxy groups -OCH3 is 1. The van der Waals surface area contributed by atoms with Gasteiger partial charge >= 0.3 is 0 Å². The molecule has 0 saturated carbocycles. The van der Waals surface area contributed by atoms with Crippen LogP contribution in [-0.2, 0) is 4.74 Å². The third-order valence-electron chi connectivity index (χ3n) is 1.71. The molecule has 0 fully saturated rings. The van der Waals surface area contributed by atoms with Crippen molar-refractivity contribution in [2.24, 2.45) is 0 Å². The third kappa shape index (κ3) is 9.56. The number of hydrogen-bond donors (Lipinski definition) is 0. The highest BCUT2D eigenvalue weighted by Gasteiger charge is 1.97. The molecule has 1 aromatic carbocycles. The lowest BCUT2D eigenvalue weighted by Crippen LogP contribution is -1.99. The van der Waals surface area contributed by atoms with Crippen molar-refractivity contribution in [3.05, 3.63) is 36.4 Å². The summed E-state index contributed by atoms with van der Waals surface area (Å²) >= 11 is 5.62. The molecule has 0 saturated heterocycles. The summed E-state index contributed by atoms with van der Waals surface area (Å²) in [5.74, 6) is 0. The van der Waals surface area contributed by atoms with Crippen molar-refractivity contribution in [2.75, 3.05) is 7.11 Å². The van der Waals surface area contributed by atoms with Crippen LogP contribution in [0, 0.1) is 0 Å². The topological polar surface area (TPSA) is 9.23 Å². The highest BCUT2D eigenvalue weighted by atomic mass is 35.5. The quantitative estimate of drug-likeness (QED) is 0.687. The zero-order valence-corrected chi connectivity index (χ0v) is 9.70. The van der Waals surface area contributed by atoms with Gasteiger partial charge in [-0.2, -0.15) is 0 Å². The molecule has 0 aromatic heterocycles. The van der Waals surface area contributed by atoms with E-state index in [1.54, 1.807) is 7.11 Å². The van der Waals surface area contributed by atoms with Crippen molar-refractivity contribution in [3.8, 4) is 0 Å². The molecule has 0 aliphatic rings. The van der Waals surface area contributed by atoms with Crippen molar-refractivity contribution in [2.45, 2.75) is 31.7 Å². The standard InChI is InChI=1S/C6H13ClO.C6H6/c1-3-4-5-6(7)8-2;1-2-4-6-5-3-1/h6H,3-5H2,1-2H3;1-6H. The molecule has 1 aromatic rings. The first-order chi connectivity index (χ1) is 6.81. The van der Waals surface area contributed by atoms with Gasteiger partial charge in [-0.05, 0) is 12.8 Å². The maximum atomic E-state index is 5.62. The summed E-state index contributed by atoms with van der Waals surface area (Å²) in [7, 11) is 1.63. The molecule has 1 rings (SSSR count). The molecule has 0 spiro atoms. The summed E-state index contributed by atoms with van der Waals surface area (Å²) in [5.41, 5.74) is -0.0741. The second-order valence-corrected chi connectivity index (χ2v) is 3.43. The highest BCUT2D eigenvalue weighted by molar-refractivity contribution is 6.19. The predicted molar refractivity (Wildman–Crippen MR) is 62.6 cm³/mol. The van der Waals surface area contributed by atoms with Gasteiger partial charge in [0.25, 0.3) is 0 Å². The molecule has 0 radical (unpaired) electrons. The number of alkyl halides is 1. The lowest BCUT2D eigenvalue weighted by molar-refractivity contribution is 0.158. The molecule has 0 bridgehead atoms. The van der Waals surface area contributed by atoms with Gasteiger partial charge in [-0.1, -0.05) is 61.3 Å². The molecule has 0 N–H and O–H groups in total. The van der Waals surface area contributed by atoms with Crippen molar-refractivity contribution in [3.63, 3.8) is 0 Å². The normalized spacial score (nSPS) is 11.4. The summed E-state index contributed by atoms with van der Waals surface area (Å²) < 4.78 is 4.82. The van der Waals surface area contributed by atoms with Crippen molar-refractivity contribution >= 4 is 11.6 Å². The molecule has 0 heterocycles. The van der Waals surface area contributed by atoms with E-state index in [2.05, 4.69) is 6.92 Å². The Bertz CT molecular complexity index is 162. The van der Waals surface area contributed by atoms with Crippen LogP contribution in [0.15, 0.2) is 36.4 Å². The summed E-state index contributed by atoms with van der Waals surface area (Å²) in [4.78, 5) is 0. The van der Waals surface area contributed by atoms with E-state index < -0.39 is 0 Å². The summed E-state index contributed by atoms with van der Waals surface area (Å²) in [5, 5.41) is 0. The molecule has 0 aliphatic carbocycles. The lowest BCUT2D eigenvalue weighted by Gasteiger charge is -2.03. The molecule has 0 amide bonds. The Morgan fingerprint density at radius 1 is 1.07 bits per heavy atom. The zero-order chi connectivity index (χ0) is 10.6. The van der Waals surface area contributed by atoms with E-state index in [0.717, 1.165) is 12.8 Å². The van der Waals surface area contributed by atoms with E-state index in [1.165, 1.54) is 6.42 Å². The van der Waals surface area contributed by atoms with Gasteiger partial charge in [0, 0.05) is 7.11 Å². The zero-order valence-electron chi connectivity index (χ0n) is 8.95. The summed E-state index contributed by atoms with van der Waals surface area (Å²) in [6.45, 7) is 2.14. The SMILES string of the molecule is CCCCC(Cl)OC.c1ccccc1. The highest BCUT2D eigenvalue weighted by Crippen LogP contribution is 2.06. The maximum Gasteiger partial charge on any atom is 0.130 e. The van der Waals surface area contributed by atoms with Crippen LogP contribution in [0.2, 0.25) is 0 Å². The molecular weight excluding hydrogens is 196 g/mol. The first kappa shape index (κ1) is 13.5. The largest absolute Gasteiger partial charge is 0.366 e. The van der Waals surface area contributed by atoms with Crippen LogP contribution in [0.4, 0.5) is 0 Å². The Labute approximate surface area is 92.0 Å². The molecule has 2 heteroatoms. The smallest absolute Gasteiger partial charge is 0.130 e. The van der Waals surface area contributed by atoms with Crippen molar-refractivity contribution < 1.29 is 4.74 Å². The lowest BCUT2D eigenvalue weighted by atomic mass is 10.3. The molecule has 80 valence electrons. The Morgan fingerprint density at radius 3 is 1.79 bits per heavy atom. The monoisotopic (exact) mass is 214 g/mol. The minimum atomic E-state index is -0.0741. The van der Waals surface area contributed by atoms with Gasteiger partial charge in [-0.3, -0.25) is 0 Å². The van der Waals surface area contributed by atoms with E-state index in [9.17, 15) is 0 Å². The van der Waals surface area contributed by atoms with Crippen molar-refractivity contribution in [1.29, 1.82) is 0 Å². The van der Waals surface area contributed by atoms with Gasteiger partial charge in [0.05, 0.1) is 0 Å². The van der Waals surface area contributed by atoms with Gasteiger partial charge in [0.2, 0.25) is 0 Å². The summed E-state index contributed by atoms with van der Waals surface area (Å²) in [6, 6.07) is 12.0. The predicted octanol–water partition coefficient (Wildman–Crippen LogP) is 4.07. The average Bonchev–Trinajstić information content (AvgIpc) is 2.29. The Hall–Kier alpha value is -0.530. The molecular formula is C12H19ClO. The van der Waals surface area contributed by atoms with Crippen LogP contribution < -0.4 is 0 Å². The van der Waals surface area contributed by atoms with E-state index >= 15 is 0 Å². The Kier molecular flexibility index (Phi) is 10.2. The fraction of sp³-hybridized carbons (Fsp3) is 0.500. The van der Waals surface area contributed by atoms with E-state index in [4.69, 9.17) is 16.3 Å². The maximum absolute atomic E-state index is 5.62. The van der Waals surface area contributed by atoms with Gasteiger partial charge in [0.15, 0.2) is 0 Å². The van der Waals surface area contributed by atoms with Gasteiger partial charge in [-0.15, -0.1) is 0 Å². The number of hydrogen-bond acceptors (Lipinski definition) is 1. The Morgan fingerprint density at radius 2 is 1.50 bits per heavy atom. The second kappa shape index (κ2) is 10.6. The van der Waals surface area contributed by atoms with E-state index in [1.807, 2.05) is 36.4 Å². The second-order valence-electron chi connectivity index (χ2n) is 2.94. The number of halogens is 1. The molecule has 1 unspecified atom stereocenters. The fourth-order valence-electron chi connectivity index (χ4n) is 0.867. The van der Waals surface area contributed by atoms with Gasteiger partial charge < -0.3 is 4.74 Å². The number of unbranched alkanes of at least 4 members (excludes halogenated alkanes) is 1. The fourth-order valence-corrected chi connectivity index (χ4v) is 1.02. The van der Waals surface area contributed by atoms with Crippen LogP contribution in [0.1, 0.15) is 26.2 Å². The molecule has 0 aliphatic heterocycles. The van der Waals surface area contributed by atoms with E-state index in [-0.39, 0.29) is 5.56 Å². The molecule has 14 heavy (non-hydrogen) atoms. The van der Waals surface area contributed by atoms with Crippen LogP contribution in [0.5, 0.6) is 0 Å².